The van der Waals surface area contributed by atoms with Crippen LogP contribution in [0.5, 0.6) is 0 Å². The first-order valence-corrected chi connectivity index (χ1v) is 9.02. The maximum atomic E-state index is 8.36. The van der Waals surface area contributed by atoms with E-state index in [1.807, 2.05) is 30.6 Å². The number of piperazine rings is 1. The van der Waals surface area contributed by atoms with Crippen molar-refractivity contribution in [2.75, 3.05) is 26.2 Å². The zero-order valence-electron chi connectivity index (χ0n) is 16.4. The molecule has 0 radical (unpaired) electrons. The molecule has 1 atom stereocenters. The first-order chi connectivity index (χ1) is 15.0. The van der Waals surface area contributed by atoms with Gasteiger partial charge in [-0.05, 0) is 29.3 Å². The van der Waals surface area contributed by atoms with Crippen molar-refractivity contribution in [1.82, 2.24) is 15.2 Å². The van der Waals surface area contributed by atoms with Gasteiger partial charge in [-0.3, -0.25) is 9.88 Å². The van der Waals surface area contributed by atoms with Crippen molar-refractivity contribution in [3.8, 4) is 0 Å². The van der Waals surface area contributed by atoms with Crippen LogP contribution >= 0.6 is 11.6 Å². The Bertz CT molecular complexity index is 782. The van der Waals surface area contributed by atoms with Crippen molar-refractivity contribution in [2.45, 2.75) is 6.04 Å². The van der Waals surface area contributed by atoms with Gasteiger partial charge in [0.25, 0.3) is 15.3 Å². The van der Waals surface area contributed by atoms with Crippen molar-refractivity contribution in [3.05, 3.63) is 95.3 Å². The van der Waals surface area contributed by atoms with E-state index in [-0.39, 0.29) is 6.04 Å². The lowest BCUT2D eigenvalue weighted by atomic mass is 9.98. The van der Waals surface area contributed by atoms with E-state index in [0.717, 1.165) is 31.2 Å². The van der Waals surface area contributed by atoms with Gasteiger partial charge in [-0.15, -0.1) is 30.3 Å². The van der Waals surface area contributed by atoms with E-state index < -0.39 is 15.3 Å². The molecule has 0 amide bonds. The third kappa shape index (κ3) is 14.2. The van der Waals surface area contributed by atoms with Crippen LogP contribution in [0.1, 0.15) is 17.2 Å². The lowest BCUT2D eigenvalue weighted by Gasteiger charge is -2.35. The van der Waals surface area contributed by atoms with Crippen molar-refractivity contribution in [1.29, 1.82) is 0 Å². The van der Waals surface area contributed by atoms with Gasteiger partial charge in [0.1, 0.15) is 0 Å². The van der Waals surface area contributed by atoms with Crippen LogP contribution in [0.2, 0.25) is 5.02 Å². The Morgan fingerprint density at radius 2 is 1.38 bits per heavy atom. The Hall–Kier alpha value is -3.82. The predicted octanol–water partition coefficient (Wildman–Crippen LogP) is 1.69. The Kier molecular flexibility index (Phi) is 14.0. The van der Waals surface area contributed by atoms with E-state index in [0.29, 0.717) is 0 Å². The second-order valence-electron chi connectivity index (χ2n) is 5.74. The summed E-state index contributed by atoms with van der Waals surface area (Å²) in [4.78, 5) is 31.9. The molecule has 32 heavy (non-hydrogen) atoms. The van der Waals surface area contributed by atoms with Crippen LogP contribution in [0.15, 0.2) is 48.8 Å². The number of halogens is 1. The molecule has 0 bridgehead atoms. The van der Waals surface area contributed by atoms with Gasteiger partial charge in [0.05, 0.1) is 6.04 Å². The molecular formula is C16H21ClN6O9. The summed E-state index contributed by atoms with van der Waals surface area (Å²) in [6, 6.07) is 12.5. The Morgan fingerprint density at radius 3 is 1.78 bits per heavy atom. The van der Waals surface area contributed by atoms with Crippen LogP contribution in [0.25, 0.3) is 0 Å². The van der Waals surface area contributed by atoms with Gasteiger partial charge in [-0.25, -0.2) is 0 Å². The Morgan fingerprint density at radius 1 is 0.906 bits per heavy atom. The molecule has 1 aromatic heterocycles. The smallest absolute Gasteiger partial charge is 0.291 e. The molecule has 4 N–H and O–H groups in total. The minimum atomic E-state index is -1.50. The van der Waals surface area contributed by atoms with Gasteiger partial charge < -0.3 is 20.9 Å². The summed E-state index contributed by atoms with van der Waals surface area (Å²) in [7, 11) is 0. The van der Waals surface area contributed by atoms with Crippen LogP contribution in [0, 0.1) is 30.3 Å². The number of rotatable bonds is 3. The second-order valence-corrected chi connectivity index (χ2v) is 6.18. The van der Waals surface area contributed by atoms with Crippen LogP contribution in [-0.4, -0.2) is 66.9 Å². The van der Waals surface area contributed by atoms with E-state index in [2.05, 4.69) is 33.4 Å². The quantitative estimate of drug-likeness (QED) is 0.367. The minimum Gasteiger partial charge on any atom is -0.328 e. The first kappa shape index (κ1) is 28.2. The monoisotopic (exact) mass is 476 g/mol. The number of pyridine rings is 1. The fourth-order valence-electron chi connectivity index (χ4n) is 2.74. The van der Waals surface area contributed by atoms with Crippen LogP contribution in [-0.2, 0) is 0 Å². The molecule has 176 valence electrons. The highest BCUT2D eigenvalue weighted by Crippen LogP contribution is 2.29. The van der Waals surface area contributed by atoms with Gasteiger partial charge in [-0.1, -0.05) is 29.8 Å². The number of nitrogens with zero attached hydrogens (tertiary/aromatic N) is 5. The van der Waals surface area contributed by atoms with Gasteiger partial charge in [0.2, 0.25) is 0 Å². The molecular weight excluding hydrogens is 456 g/mol. The highest BCUT2D eigenvalue weighted by molar-refractivity contribution is 6.30. The van der Waals surface area contributed by atoms with E-state index >= 15 is 0 Å². The average Bonchev–Trinajstić information content (AvgIpc) is 2.70. The maximum absolute atomic E-state index is 8.36. The fourth-order valence-corrected chi connectivity index (χ4v) is 2.86. The topological polar surface area (TPSA) is 218 Å². The molecule has 1 aromatic carbocycles. The molecule has 0 spiro atoms. The molecule has 0 aliphatic carbocycles. The summed E-state index contributed by atoms with van der Waals surface area (Å²) in [6.45, 7) is 4.15. The summed E-state index contributed by atoms with van der Waals surface area (Å²) in [5.74, 6) is 0. The second kappa shape index (κ2) is 15.9. The predicted molar refractivity (Wildman–Crippen MR) is 108 cm³/mol. The molecule has 1 aliphatic heterocycles. The van der Waals surface area contributed by atoms with E-state index in [1.165, 1.54) is 11.1 Å². The fraction of sp³-hybridized carbons (Fsp3) is 0.312. The third-order valence-electron chi connectivity index (χ3n) is 3.70. The van der Waals surface area contributed by atoms with E-state index in [9.17, 15) is 0 Å². The van der Waals surface area contributed by atoms with Gasteiger partial charge in [0.15, 0.2) is 0 Å². The minimum absolute atomic E-state index is 0.253. The number of benzene rings is 1. The molecule has 2 heterocycles. The third-order valence-corrected chi connectivity index (χ3v) is 3.95. The van der Waals surface area contributed by atoms with Crippen LogP contribution in [0.4, 0.5) is 0 Å². The summed E-state index contributed by atoms with van der Waals surface area (Å²) in [5, 5.41) is 45.1. The summed E-state index contributed by atoms with van der Waals surface area (Å²) in [6.07, 6.45) is 3.78. The average molecular weight is 477 g/mol. The van der Waals surface area contributed by atoms with Crippen molar-refractivity contribution in [2.24, 2.45) is 0 Å². The molecule has 1 fully saturated rings. The zero-order valence-corrected chi connectivity index (χ0v) is 17.2. The van der Waals surface area contributed by atoms with Crippen LogP contribution < -0.4 is 5.32 Å². The molecule has 1 unspecified atom stereocenters. The largest absolute Gasteiger partial charge is 0.328 e. The lowest BCUT2D eigenvalue weighted by molar-refractivity contribution is -0.742. The summed E-state index contributed by atoms with van der Waals surface area (Å²) >= 11 is 6.01. The van der Waals surface area contributed by atoms with Crippen molar-refractivity contribution < 1.29 is 30.9 Å². The molecule has 1 saturated heterocycles. The Balaban J connectivity index is 0.000000668. The highest BCUT2D eigenvalue weighted by Gasteiger charge is 2.23. The standard InChI is InChI=1S/C16H18ClN3.3HNO3/c17-15-5-3-13(4-6-15)16(14-2-1-7-19-12-14)20-10-8-18-9-11-20;3*2-1(3)4/h1-7,12,16,18H,8-11H2;3*(H,2,3,4). The SMILES string of the molecule is Clc1ccc(C(c2cccnc2)N2CCNCC2)cc1.O=[N+]([O-])O.O=[N+]([O-])O.O=[N+]([O-])O. The van der Waals surface area contributed by atoms with Gasteiger partial charge in [-0.2, -0.15) is 0 Å². The number of aromatic nitrogens is 1. The van der Waals surface area contributed by atoms with Crippen molar-refractivity contribution >= 4 is 11.6 Å². The maximum Gasteiger partial charge on any atom is 0.291 e. The molecule has 15 nitrogen and oxygen atoms in total. The lowest BCUT2D eigenvalue weighted by Crippen LogP contribution is -2.45. The Labute approximate surface area is 185 Å². The molecule has 0 saturated carbocycles. The number of nitrogens with one attached hydrogen (secondary N) is 1. The van der Waals surface area contributed by atoms with E-state index in [4.69, 9.17) is 57.6 Å². The summed E-state index contributed by atoms with van der Waals surface area (Å²) < 4.78 is 0. The summed E-state index contributed by atoms with van der Waals surface area (Å²) in [5.41, 5.74) is 2.50. The van der Waals surface area contributed by atoms with Gasteiger partial charge in [0, 0.05) is 43.6 Å². The zero-order chi connectivity index (χ0) is 24.5. The number of hydrogen-bond donors (Lipinski definition) is 4. The molecule has 1 aliphatic rings. The number of hydrogen-bond acceptors (Lipinski definition) is 9. The van der Waals surface area contributed by atoms with Gasteiger partial charge >= 0.3 is 0 Å². The molecule has 2 aromatic rings. The normalized spacial score (nSPS) is 13.4. The van der Waals surface area contributed by atoms with E-state index in [1.54, 1.807) is 0 Å². The highest BCUT2D eigenvalue weighted by atomic mass is 35.5. The van der Waals surface area contributed by atoms with Crippen molar-refractivity contribution in [3.63, 3.8) is 0 Å². The molecule has 16 heteroatoms. The van der Waals surface area contributed by atoms with Crippen LogP contribution in [0.3, 0.4) is 0 Å². The first-order valence-electron chi connectivity index (χ1n) is 8.64. The molecule has 3 rings (SSSR count).